The lowest BCUT2D eigenvalue weighted by Gasteiger charge is -1.96. The van der Waals surface area contributed by atoms with Crippen LogP contribution >= 0.6 is 0 Å². The minimum atomic E-state index is 0.00222. The number of benzene rings is 1. The predicted molar refractivity (Wildman–Crippen MR) is 38.0 cm³/mol. The Morgan fingerprint density at radius 2 is 2.20 bits per heavy atom. The summed E-state index contributed by atoms with van der Waals surface area (Å²) < 4.78 is 0. The molecule has 51 valence electrons. The minimum absolute atomic E-state index is 0.00222. The third-order valence-electron chi connectivity index (χ3n) is 1.22. The van der Waals surface area contributed by atoms with Crippen molar-refractivity contribution >= 4 is 6.29 Å². The van der Waals surface area contributed by atoms with Crippen LogP contribution in [0.15, 0.2) is 18.2 Å². The predicted octanol–water partition coefficient (Wildman–Crippen LogP) is 1.39. The zero-order chi connectivity index (χ0) is 7.56. The molecule has 0 aromatic heterocycles. The second-order valence-electron chi connectivity index (χ2n) is 2.01. The van der Waals surface area contributed by atoms with Crippen molar-refractivity contribution < 1.29 is 9.90 Å². The largest absolute Gasteiger partial charge is 0.507 e. The standard InChI is InChI=1S/C8H7O2/c1-6-2-3-8(10)7(4-6)5-9/h2-5,10H,1H2. The molecule has 0 aliphatic carbocycles. The van der Waals surface area contributed by atoms with Crippen LogP contribution in [0.3, 0.4) is 0 Å². The van der Waals surface area contributed by atoms with E-state index in [9.17, 15) is 4.79 Å². The Labute approximate surface area is 59.1 Å². The number of carbonyl (C=O) groups is 1. The molecule has 0 aliphatic heterocycles. The van der Waals surface area contributed by atoms with Crippen LogP contribution in [0, 0.1) is 6.92 Å². The lowest BCUT2D eigenvalue weighted by Crippen LogP contribution is -1.81. The Morgan fingerprint density at radius 1 is 1.50 bits per heavy atom. The topological polar surface area (TPSA) is 37.3 Å². The fraction of sp³-hybridized carbons (Fsp3) is 0. The summed E-state index contributed by atoms with van der Waals surface area (Å²) in [6.45, 7) is 3.60. The number of aromatic hydroxyl groups is 1. The first-order valence-corrected chi connectivity index (χ1v) is 2.84. The van der Waals surface area contributed by atoms with Gasteiger partial charge in [0.05, 0.1) is 5.56 Å². The first-order chi connectivity index (χ1) is 4.74. The number of phenols is 1. The first kappa shape index (κ1) is 6.81. The Kier molecular flexibility index (Phi) is 1.71. The minimum Gasteiger partial charge on any atom is -0.507 e. The first-order valence-electron chi connectivity index (χ1n) is 2.84. The number of rotatable bonds is 1. The SMILES string of the molecule is [CH2]c1ccc(O)c(C=O)c1. The van der Waals surface area contributed by atoms with Gasteiger partial charge in [0.25, 0.3) is 0 Å². The average Bonchev–Trinajstić information content (AvgIpc) is 1.94. The van der Waals surface area contributed by atoms with Crippen molar-refractivity contribution in [3.63, 3.8) is 0 Å². The molecule has 1 aromatic carbocycles. The van der Waals surface area contributed by atoms with Gasteiger partial charge in [0.15, 0.2) is 6.29 Å². The molecule has 1 N–H and O–H groups in total. The highest BCUT2D eigenvalue weighted by Crippen LogP contribution is 2.15. The molecule has 0 saturated carbocycles. The lowest BCUT2D eigenvalue weighted by atomic mass is 10.1. The summed E-state index contributed by atoms with van der Waals surface area (Å²) in [7, 11) is 0. The average molecular weight is 135 g/mol. The molecule has 0 heterocycles. The molecule has 1 radical (unpaired) electrons. The Bertz CT molecular complexity index is 253. The molecule has 0 spiro atoms. The summed E-state index contributed by atoms with van der Waals surface area (Å²) in [6.07, 6.45) is 0.601. The van der Waals surface area contributed by atoms with Gasteiger partial charge in [-0.3, -0.25) is 4.79 Å². The van der Waals surface area contributed by atoms with Crippen LogP contribution < -0.4 is 0 Å². The maximum absolute atomic E-state index is 10.2. The Balaban J connectivity index is 3.21. The van der Waals surface area contributed by atoms with Gasteiger partial charge < -0.3 is 5.11 Å². The molecule has 10 heavy (non-hydrogen) atoms. The molecule has 1 rings (SSSR count). The third kappa shape index (κ3) is 1.16. The lowest BCUT2D eigenvalue weighted by molar-refractivity contribution is 0.112. The fourth-order valence-electron chi connectivity index (χ4n) is 0.698. The van der Waals surface area contributed by atoms with Gasteiger partial charge in [-0.1, -0.05) is 6.07 Å². The molecule has 0 atom stereocenters. The van der Waals surface area contributed by atoms with Crippen molar-refractivity contribution in [2.75, 3.05) is 0 Å². The Morgan fingerprint density at radius 3 is 2.70 bits per heavy atom. The van der Waals surface area contributed by atoms with Gasteiger partial charge in [-0.05, 0) is 24.6 Å². The van der Waals surface area contributed by atoms with Gasteiger partial charge in [-0.15, -0.1) is 0 Å². The van der Waals surface area contributed by atoms with Crippen LogP contribution in [-0.2, 0) is 0 Å². The van der Waals surface area contributed by atoms with Crippen LogP contribution in [0.25, 0.3) is 0 Å². The monoisotopic (exact) mass is 135 g/mol. The second kappa shape index (κ2) is 2.52. The number of hydrogen-bond acceptors (Lipinski definition) is 2. The summed E-state index contributed by atoms with van der Waals surface area (Å²) in [5.41, 5.74) is 1.01. The van der Waals surface area contributed by atoms with Crippen LogP contribution in [-0.4, -0.2) is 11.4 Å². The maximum Gasteiger partial charge on any atom is 0.153 e. The molecule has 0 aliphatic rings. The van der Waals surface area contributed by atoms with E-state index in [1.165, 1.54) is 12.1 Å². The van der Waals surface area contributed by atoms with Crippen LogP contribution in [0.2, 0.25) is 0 Å². The van der Waals surface area contributed by atoms with E-state index in [-0.39, 0.29) is 11.3 Å². The highest BCUT2D eigenvalue weighted by Gasteiger charge is 1.96. The van der Waals surface area contributed by atoms with E-state index < -0.39 is 0 Å². The van der Waals surface area contributed by atoms with Crippen LogP contribution in [0.4, 0.5) is 0 Å². The van der Waals surface area contributed by atoms with Crippen molar-refractivity contribution in [3.8, 4) is 5.75 Å². The number of carbonyl (C=O) groups excluding carboxylic acids is 1. The highest BCUT2D eigenvalue weighted by atomic mass is 16.3. The van der Waals surface area contributed by atoms with E-state index in [1.54, 1.807) is 6.07 Å². The van der Waals surface area contributed by atoms with Crippen LogP contribution in [0.5, 0.6) is 5.75 Å². The molecule has 2 nitrogen and oxygen atoms in total. The van der Waals surface area contributed by atoms with Gasteiger partial charge in [0, 0.05) is 0 Å². The van der Waals surface area contributed by atoms with Crippen LogP contribution in [0.1, 0.15) is 15.9 Å². The third-order valence-corrected chi connectivity index (χ3v) is 1.22. The molecular formula is C8H7O2. The van der Waals surface area contributed by atoms with Crippen molar-refractivity contribution in [3.05, 3.63) is 36.2 Å². The van der Waals surface area contributed by atoms with E-state index in [0.29, 0.717) is 6.29 Å². The second-order valence-corrected chi connectivity index (χ2v) is 2.01. The normalized spacial score (nSPS) is 9.30. The van der Waals surface area contributed by atoms with E-state index in [1.807, 2.05) is 0 Å². The molecule has 0 saturated heterocycles. The van der Waals surface area contributed by atoms with Gasteiger partial charge in [-0.2, -0.15) is 0 Å². The summed E-state index contributed by atoms with van der Waals surface area (Å²) in [5.74, 6) is 0.00222. The van der Waals surface area contributed by atoms with Crippen molar-refractivity contribution in [1.82, 2.24) is 0 Å². The van der Waals surface area contributed by atoms with Crippen molar-refractivity contribution in [2.45, 2.75) is 0 Å². The van der Waals surface area contributed by atoms with E-state index in [4.69, 9.17) is 5.11 Å². The Hall–Kier alpha value is -1.31. The maximum atomic E-state index is 10.2. The van der Waals surface area contributed by atoms with Gasteiger partial charge in [0.2, 0.25) is 0 Å². The number of phenolic OH excluding ortho intramolecular Hbond substituents is 1. The summed E-state index contributed by atoms with van der Waals surface area (Å²) in [5, 5.41) is 8.98. The van der Waals surface area contributed by atoms with E-state index in [0.717, 1.165) is 5.56 Å². The molecule has 0 bridgehead atoms. The number of hydrogen-bond donors (Lipinski definition) is 1. The van der Waals surface area contributed by atoms with Gasteiger partial charge in [0.1, 0.15) is 5.75 Å². The van der Waals surface area contributed by atoms with Gasteiger partial charge in [-0.25, -0.2) is 0 Å². The molecule has 1 aromatic rings. The summed E-state index contributed by atoms with van der Waals surface area (Å²) >= 11 is 0. The fourth-order valence-corrected chi connectivity index (χ4v) is 0.698. The van der Waals surface area contributed by atoms with E-state index in [2.05, 4.69) is 6.92 Å². The molecular weight excluding hydrogens is 128 g/mol. The molecule has 2 heteroatoms. The highest BCUT2D eigenvalue weighted by molar-refractivity contribution is 5.79. The molecule has 0 fully saturated rings. The van der Waals surface area contributed by atoms with Gasteiger partial charge >= 0.3 is 0 Å². The number of aldehydes is 1. The summed E-state index contributed by atoms with van der Waals surface area (Å²) in [4.78, 5) is 10.2. The quantitative estimate of drug-likeness (QED) is 0.591. The molecule has 0 amide bonds. The van der Waals surface area contributed by atoms with Crippen molar-refractivity contribution in [2.24, 2.45) is 0 Å². The van der Waals surface area contributed by atoms with E-state index >= 15 is 0 Å². The smallest absolute Gasteiger partial charge is 0.153 e. The van der Waals surface area contributed by atoms with Crippen molar-refractivity contribution in [1.29, 1.82) is 0 Å². The molecule has 0 unspecified atom stereocenters. The summed E-state index contributed by atoms with van der Waals surface area (Å²) in [6, 6.07) is 4.62. The zero-order valence-electron chi connectivity index (χ0n) is 5.37. The zero-order valence-corrected chi connectivity index (χ0v) is 5.37.